The largest absolute Gasteiger partial charge is 0.300 e. The van der Waals surface area contributed by atoms with Crippen molar-refractivity contribution in [1.82, 2.24) is 0 Å². The van der Waals surface area contributed by atoms with Crippen LogP contribution in [0.15, 0.2) is 11.6 Å². The lowest BCUT2D eigenvalue weighted by Crippen LogP contribution is -2.52. The molecule has 6 unspecified atom stereocenters. The van der Waals surface area contributed by atoms with Gasteiger partial charge in [0.15, 0.2) is 0 Å². The van der Waals surface area contributed by atoms with Crippen molar-refractivity contribution < 1.29 is 4.79 Å². The van der Waals surface area contributed by atoms with Gasteiger partial charge >= 0.3 is 0 Å². The predicted octanol–water partition coefficient (Wildman–Crippen LogP) is 5.05. The molecule has 0 amide bonds. The van der Waals surface area contributed by atoms with Crippen LogP contribution >= 0.6 is 0 Å². The standard InChI is InChI=1S/C21H29NO/c1-20-11-8-19-17(18(20)6-4-14(20)9-12-22)5-3-15-13-16(23)7-10-21(15,19)2/h9,15,17-19H,3-8,10-11,13H2,1-2H3. The molecule has 2 nitrogen and oxygen atoms in total. The Morgan fingerprint density at radius 1 is 1.09 bits per heavy atom. The van der Waals surface area contributed by atoms with E-state index in [1.165, 1.54) is 37.7 Å². The second-order valence-electron chi connectivity index (χ2n) is 9.19. The van der Waals surface area contributed by atoms with Crippen molar-refractivity contribution in [3.8, 4) is 6.07 Å². The van der Waals surface area contributed by atoms with E-state index >= 15 is 0 Å². The number of fused-ring (bicyclic) bond motifs is 5. The van der Waals surface area contributed by atoms with Crippen molar-refractivity contribution in [2.45, 2.75) is 71.6 Å². The van der Waals surface area contributed by atoms with Gasteiger partial charge < -0.3 is 0 Å². The number of hydrogen-bond acceptors (Lipinski definition) is 2. The molecule has 6 atom stereocenters. The lowest BCUT2D eigenvalue weighted by atomic mass is 9.45. The molecule has 0 spiro atoms. The molecule has 4 saturated carbocycles. The van der Waals surface area contributed by atoms with E-state index in [1.807, 2.05) is 6.08 Å². The minimum atomic E-state index is 0.282. The summed E-state index contributed by atoms with van der Waals surface area (Å²) in [4.78, 5) is 11.9. The van der Waals surface area contributed by atoms with E-state index in [1.54, 1.807) is 0 Å². The molecule has 2 heteroatoms. The highest BCUT2D eigenvalue weighted by molar-refractivity contribution is 5.79. The van der Waals surface area contributed by atoms with Crippen LogP contribution in [0.1, 0.15) is 71.6 Å². The SMILES string of the molecule is CC12CCC3C(CCC4CC(=O)CCC43C)C1CCC2=CC#N. The minimum Gasteiger partial charge on any atom is -0.300 e. The molecule has 4 aliphatic carbocycles. The molecule has 0 aromatic rings. The molecule has 0 bridgehead atoms. The van der Waals surface area contributed by atoms with E-state index in [0.29, 0.717) is 17.1 Å². The van der Waals surface area contributed by atoms with Gasteiger partial charge in [0.2, 0.25) is 0 Å². The fraction of sp³-hybridized carbons (Fsp3) is 0.810. The fourth-order valence-electron chi connectivity index (χ4n) is 7.21. The highest BCUT2D eigenvalue weighted by atomic mass is 16.1. The molecule has 4 aliphatic rings. The number of carbonyl (C=O) groups excluding carboxylic acids is 1. The van der Waals surface area contributed by atoms with E-state index in [0.717, 1.165) is 43.4 Å². The normalized spacial score (nSPS) is 50.8. The molecule has 0 radical (unpaired) electrons. The third-order valence-corrected chi connectivity index (χ3v) is 8.57. The summed E-state index contributed by atoms with van der Waals surface area (Å²) in [5.41, 5.74) is 2.11. The first-order valence-corrected chi connectivity index (χ1v) is 9.60. The number of hydrogen-bond donors (Lipinski definition) is 0. The number of nitrogens with zero attached hydrogens (tertiary/aromatic N) is 1. The number of ketones is 1. The van der Waals surface area contributed by atoms with Crippen LogP contribution in [0.3, 0.4) is 0 Å². The van der Waals surface area contributed by atoms with E-state index in [2.05, 4.69) is 19.9 Å². The Balaban J connectivity index is 1.64. The number of carbonyl (C=O) groups is 1. The van der Waals surface area contributed by atoms with Crippen LogP contribution in [0, 0.1) is 45.8 Å². The Labute approximate surface area is 140 Å². The Hall–Kier alpha value is -1.10. The molecule has 0 aliphatic heterocycles. The Kier molecular flexibility index (Phi) is 3.49. The average molecular weight is 311 g/mol. The van der Waals surface area contributed by atoms with Gasteiger partial charge in [-0.15, -0.1) is 0 Å². The van der Waals surface area contributed by atoms with Crippen molar-refractivity contribution in [3.63, 3.8) is 0 Å². The minimum absolute atomic E-state index is 0.282. The molecule has 0 aromatic carbocycles. The van der Waals surface area contributed by atoms with Gasteiger partial charge in [0, 0.05) is 18.9 Å². The van der Waals surface area contributed by atoms with Gasteiger partial charge in [-0.1, -0.05) is 19.4 Å². The maximum Gasteiger partial charge on any atom is 0.133 e. The summed E-state index contributed by atoms with van der Waals surface area (Å²) in [6, 6.07) is 2.30. The zero-order chi connectivity index (χ0) is 16.2. The molecule has 4 fully saturated rings. The predicted molar refractivity (Wildman–Crippen MR) is 90.4 cm³/mol. The highest BCUT2D eigenvalue weighted by Crippen LogP contribution is 2.67. The lowest BCUT2D eigenvalue weighted by molar-refractivity contribution is -0.136. The lowest BCUT2D eigenvalue weighted by Gasteiger charge is -2.59. The molecule has 0 heterocycles. The van der Waals surface area contributed by atoms with Crippen LogP contribution in [0.5, 0.6) is 0 Å². The zero-order valence-electron chi connectivity index (χ0n) is 14.6. The molecule has 4 rings (SSSR count). The van der Waals surface area contributed by atoms with Gasteiger partial charge in [0.25, 0.3) is 0 Å². The smallest absolute Gasteiger partial charge is 0.133 e. The number of nitriles is 1. The Bertz CT molecular complexity index is 599. The Morgan fingerprint density at radius 2 is 1.91 bits per heavy atom. The topological polar surface area (TPSA) is 40.9 Å². The molecule has 0 saturated heterocycles. The fourth-order valence-corrected chi connectivity index (χ4v) is 7.21. The van der Waals surface area contributed by atoms with Crippen molar-refractivity contribution in [1.29, 1.82) is 5.26 Å². The van der Waals surface area contributed by atoms with Gasteiger partial charge in [-0.05, 0) is 79.4 Å². The van der Waals surface area contributed by atoms with Crippen LogP contribution in [-0.2, 0) is 4.79 Å². The van der Waals surface area contributed by atoms with Crippen LogP contribution in [0.2, 0.25) is 0 Å². The maximum absolute atomic E-state index is 11.9. The molecule has 0 N–H and O–H groups in total. The Morgan fingerprint density at radius 3 is 2.70 bits per heavy atom. The molecular weight excluding hydrogens is 282 g/mol. The summed E-state index contributed by atoms with van der Waals surface area (Å²) in [5, 5.41) is 9.13. The van der Waals surface area contributed by atoms with Crippen molar-refractivity contribution in [2.24, 2.45) is 34.5 Å². The second-order valence-corrected chi connectivity index (χ2v) is 9.19. The first-order chi connectivity index (χ1) is 11.0. The van der Waals surface area contributed by atoms with Gasteiger partial charge in [-0.25, -0.2) is 0 Å². The molecule has 0 aromatic heterocycles. The summed E-state index contributed by atoms with van der Waals surface area (Å²) in [6.45, 7) is 4.94. The second kappa shape index (κ2) is 5.20. The van der Waals surface area contributed by atoms with Crippen LogP contribution in [0.25, 0.3) is 0 Å². The number of allylic oxidation sites excluding steroid dienone is 2. The summed E-state index contributed by atoms with van der Waals surface area (Å²) >= 11 is 0. The maximum atomic E-state index is 11.9. The number of rotatable bonds is 0. The number of Topliss-reactive ketones (excluding diaryl/α,β-unsaturated/α-hetero) is 1. The monoisotopic (exact) mass is 311 g/mol. The van der Waals surface area contributed by atoms with Crippen molar-refractivity contribution >= 4 is 5.78 Å². The quantitative estimate of drug-likeness (QED) is 0.587. The third-order valence-electron chi connectivity index (χ3n) is 8.57. The van der Waals surface area contributed by atoms with Gasteiger partial charge in [-0.3, -0.25) is 4.79 Å². The molecular formula is C21H29NO. The molecule has 124 valence electrons. The van der Waals surface area contributed by atoms with E-state index in [-0.39, 0.29) is 5.41 Å². The van der Waals surface area contributed by atoms with Crippen LogP contribution < -0.4 is 0 Å². The van der Waals surface area contributed by atoms with Crippen LogP contribution in [-0.4, -0.2) is 5.78 Å². The van der Waals surface area contributed by atoms with E-state index in [9.17, 15) is 4.79 Å². The van der Waals surface area contributed by atoms with Crippen molar-refractivity contribution in [2.75, 3.05) is 0 Å². The van der Waals surface area contributed by atoms with Crippen molar-refractivity contribution in [3.05, 3.63) is 11.6 Å². The van der Waals surface area contributed by atoms with E-state index < -0.39 is 0 Å². The average Bonchev–Trinajstić information content (AvgIpc) is 2.85. The summed E-state index contributed by atoms with van der Waals surface area (Å²) in [6.07, 6.45) is 12.2. The van der Waals surface area contributed by atoms with Gasteiger partial charge in [0.1, 0.15) is 5.78 Å². The van der Waals surface area contributed by atoms with Gasteiger partial charge in [-0.2, -0.15) is 5.26 Å². The highest BCUT2D eigenvalue weighted by Gasteiger charge is 2.58. The summed E-state index contributed by atoms with van der Waals surface area (Å²) < 4.78 is 0. The zero-order valence-corrected chi connectivity index (χ0v) is 14.6. The van der Waals surface area contributed by atoms with Crippen LogP contribution in [0.4, 0.5) is 0 Å². The summed E-state index contributed by atoms with van der Waals surface area (Å²) in [7, 11) is 0. The first-order valence-electron chi connectivity index (χ1n) is 9.60. The third kappa shape index (κ3) is 2.08. The summed E-state index contributed by atoms with van der Waals surface area (Å²) in [5.74, 6) is 3.56. The first kappa shape index (κ1) is 15.4. The van der Waals surface area contributed by atoms with Gasteiger partial charge in [0.05, 0.1) is 6.07 Å². The van der Waals surface area contributed by atoms with E-state index in [4.69, 9.17) is 5.26 Å². The molecule has 23 heavy (non-hydrogen) atoms.